The van der Waals surface area contributed by atoms with Crippen LogP contribution in [0.1, 0.15) is 232 Å². The van der Waals surface area contributed by atoms with Gasteiger partial charge in [0.15, 0.2) is 0 Å². The second-order valence-corrected chi connectivity index (χ2v) is 13.3. The molecule has 0 radical (unpaired) electrons. The van der Waals surface area contributed by atoms with E-state index >= 15 is 0 Å². The van der Waals surface area contributed by atoms with Gasteiger partial charge in [0.05, 0.1) is 6.61 Å². The lowest BCUT2D eigenvalue weighted by Gasteiger charge is -2.06. The lowest BCUT2D eigenvalue weighted by atomic mass is 10.0. The maximum absolute atomic E-state index is 12.0. The highest BCUT2D eigenvalue weighted by atomic mass is 16.5. The average Bonchev–Trinajstić information content (AvgIpc) is 3.00. The molecule has 0 fully saturated rings. The van der Waals surface area contributed by atoms with Crippen molar-refractivity contribution in [2.24, 2.45) is 0 Å². The predicted octanol–water partition coefficient (Wildman–Crippen LogP) is 14.4. The van der Waals surface area contributed by atoms with E-state index in [-0.39, 0.29) is 5.97 Å². The molecule has 0 bridgehead atoms. The van der Waals surface area contributed by atoms with E-state index in [0.717, 1.165) is 12.8 Å². The van der Waals surface area contributed by atoms with E-state index in [2.05, 4.69) is 26.0 Å². The highest BCUT2D eigenvalue weighted by Gasteiger charge is 2.03. The van der Waals surface area contributed by atoms with Crippen LogP contribution in [0.4, 0.5) is 0 Å². The number of rotatable bonds is 36. The number of allylic oxidation sites excluding steroid dienone is 2. The van der Waals surface area contributed by atoms with Crippen LogP contribution in [0.3, 0.4) is 0 Å². The highest BCUT2D eigenvalue weighted by Crippen LogP contribution is 2.15. The Morgan fingerprint density at radius 3 is 1.02 bits per heavy atom. The van der Waals surface area contributed by atoms with Gasteiger partial charge in [0.2, 0.25) is 0 Å². The quantitative estimate of drug-likeness (QED) is 0.0412. The van der Waals surface area contributed by atoms with Crippen LogP contribution in [-0.4, -0.2) is 12.6 Å². The smallest absolute Gasteiger partial charge is 0.305 e. The third-order valence-corrected chi connectivity index (χ3v) is 8.90. The number of carbonyl (C=O) groups excluding carboxylic acids is 1. The zero-order chi connectivity index (χ0) is 30.4. The molecule has 0 saturated carbocycles. The van der Waals surface area contributed by atoms with Crippen molar-refractivity contribution in [1.82, 2.24) is 0 Å². The van der Waals surface area contributed by atoms with Gasteiger partial charge in [-0.3, -0.25) is 4.79 Å². The molecule has 0 amide bonds. The van der Waals surface area contributed by atoms with Crippen molar-refractivity contribution in [3.05, 3.63) is 12.2 Å². The van der Waals surface area contributed by atoms with Gasteiger partial charge in [-0.2, -0.15) is 0 Å². The van der Waals surface area contributed by atoms with Crippen LogP contribution < -0.4 is 0 Å². The van der Waals surface area contributed by atoms with Crippen molar-refractivity contribution in [3.63, 3.8) is 0 Å². The third kappa shape index (κ3) is 37.2. The van der Waals surface area contributed by atoms with Gasteiger partial charge in [-0.25, -0.2) is 0 Å². The fourth-order valence-corrected chi connectivity index (χ4v) is 5.96. The third-order valence-electron chi connectivity index (χ3n) is 8.90. The van der Waals surface area contributed by atoms with Gasteiger partial charge in [-0.1, -0.05) is 199 Å². The Morgan fingerprint density at radius 2 is 0.667 bits per heavy atom. The molecule has 0 rings (SSSR count). The molecule has 0 aromatic heterocycles. The van der Waals surface area contributed by atoms with Gasteiger partial charge in [0.1, 0.15) is 0 Å². The minimum atomic E-state index is 0.0229. The molecule has 0 heterocycles. The van der Waals surface area contributed by atoms with Crippen LogP contribution in [0.5, 0.6) is 0 Å². The van der Waals surface area contributed by atoms with E-state index in [1.165, 1.54) is 199 Å². The lowest BCUT2D eigenvalue weighted by Crippen LogP contribution is -2.05. The van der Waals surface area contributed by atoms with Gasteiger partial charge in [-0.15, -0.1) is 0 Å². The normalized spacial score (nSPS) is 11.6. The average molecular weight is 591 g/mol. The van der Waals surface area contributed by atoms with E-state index in [1.807, 2.05) is 0 Å². The first-order valence-corrected chi connectivity index (χ1v) is 19.6. The van der Waals surface area contributed by atoms with Crippen LogP contribution in [0.25, 0.3) is 0 Å². The van der Waals surface area contributed by atoms with E-state index in [4.69, 9.17) is 4.74 Å². The Morgan fingerprint density at radius 1 is 0.381 bits per heavy atom. The molecule has 0 atom stereocenters. The summed E-state index contributed by atoms with van der Waals surface area (Å²) in [4.78, 5) is 12.0. The summed E-state index contributed by atoms with van der Waals surface area (Å²) in [6.07, 6.45) is 50.0. The molecular formula is C40H78O2. The second-order valence-electron chi connectivity index (χ2n) is 13.3. The topological polar surface area (TPSA) is 26.3 Å². The number of hydrogen-bond donors (Lipinski definition) is 0. The molecule has 42 heavy (non-hydrogen) atoms. The van der Waals surface area contributed by atoms with Crippen molar-refractivity contribution >= 4 is 5.97 Å². The monoisotopic (exact) mass is 591 g/mol. The molecular weight excluding hydrogens is 512 g/mol. The summed E-state index contributed by atoms with van der Waals surface area (Å²) in [7, 11) is 0. The molecule has 0 aromatic rings. The summed E-state index contributed by atoms with van der Waals surface area (Å²) in [5.74, 6) is 0.0229. The molecule has 2 heteroatoms. The Balaban J connectivity index is 3.18. The highest BCUT2D eigenvalue weighted by molar-refractivity contribution is 5.69. The Kier molecular flexibility index (Phi) is 37.5. The summed E-state index contributed by atoms with van der Waals surface area (Å²) >= 11 is 0. The van der Waals surface area contributed by atoms with Crippen molar-refractivity contribution in [3.8, 4) is 0 Å². The van der Waals surface area contributed by atoms with E-state index in [0.29, 0.717) is 13.0 Å². The first kappa shape index (κ1) is 41.2. The molecule has 0 N–H and O–H groups in total. The van der Waals surface area contributed by atoms with Crippen molar-refractivity contribution < 1.29 is 9.53 Å². The minimum absolute atomic E-state index is 0.0229. The molecule has 0 aliphatic heterocycles. The molecule has 250 valence electrons. The molecule has 0 aromatic carbocycles. The summed E-state index contributed by atoms with van der Waals surface area (Å²) in [6, 6.07) is 0. The van der Waals surface area contributed by atoms with Crippen LogP contribution in [0, 0.1) is 0 Å². The molecule has 0 aliphatic rings. The van der Waals surface area contributed by atoms with E-state index < -0.39 is 0 Å². The summed E-state index contributed by atoms with van der Waals surface area (Å²) in [6.45, 7) is 5.21. The largest absolute Gasteiger partial charge is 0.466 e. The maximum atomic E-state index is 12.0. The van der Waals surface area contributed by atoms with Crippen LogP contribution in [0.2, 0.25) is 0 Å². The summed E-state index contributed by atoms with van der Waals surface area (Å²) in [5, 5.41) is 0. The van der Waals surface area contributed by atoms with Crippen LogP contribution in [-0.2, 0) is 9.53 Å². The summed E-state index contributed by atoms with van der Waals surface area (Å²) in [5.41, 5.74) is 0. The fourth-order valence-electron chi connectivity index (χ4n) is 5.96. The number of unbranched alkanes of at least 4 members (excludes halogenated alkanes) is 30. The van der Waals surface area contributed by atoms with Crippen LogP contribution >= 0.6 is 0 Å². The first-order chi connectivity index (χ1) is 20.8. The molecule has 0 saturated heterocycles. The first-order valence-electron chi connectivity index (χ1n) is 19.6. The van der Waals surface area contributed by atoms with Gasteiger partial charge >= 0.3 is 5.97 Å². The number of hydrogen-bond acceptors (Lipinski definition) is 2. The van der Waals surface area contributed by atoms with E-state index in [1.54, 1.807) is 0 Å². The fraction of sp³-hybridized carbons (Fsp3) is 0.925. The molecule has 0 aliphatic carbocycles. The molecule has 0 unspecified atom stereocenters. The standard InChI is InChI=1S/C40H78O2/c1-3-5-7-9-11-13-15-17-19-21-23-25-27-29-31-33-35-37-39-42-40(41)38-36-34-32-30-28-26-24-22-20-18-16-14-12-10-8-6-4-2/h18,20H,3-17,19,21-39H2,1-2H3. The molecule has 0 spiro atoms. The van der Waals surface area contributed by atoms with Crippen molar-refractivity contribution in [2.75, 3.05) is 6.61 Å². The zero-order valence-corrected chi connectivity index (χ0v) is 29.2. The number of esters is 1. The maximum Gasteiger partial charge on any atom is 0.305 e. The number of carbonyl (C=O) groups is 1. The van der Waals surface area contributed by atoms with Crippen molar-refractivity contribution in [2.45, 2.75) is 232 Å². The Hall–Kier alpha value is -0.790. The number of ether oxygens (including phenoxy) is 1. The van der Waals surface area contributed by atoms with Gasteiger partial charge < -0.3 is 4.74 Å². The van der Waals surface area contributed by atoms with Crippen molar-refractivity contribution in [1.29, 1.82) is 0 Å². The minimum Gasteiger partial charge on any atom is -0.466 e. The SMILES string of the molecule is CCCCCCCCC=CCCCCCCCCCC(=O)OCCCCCCCCCCCCCCCCCCCC. The lowest BCUT2D eigenvalue weighted by molar-refractivity contribution is -0.143. The van der Waals surface area contributed by atoms with Gasteiger partial charge in [0, 0.05) is 6.42 Å². The van der Waals surface area contributed by atoms with Crippen LogP contribution in [0.15, 0.2) is 12.2 Å². The van der Waals surface area contributed by atoms with Gasteiger partial charge in [0.25, 0.3) is 0 Å². The predicted molar refractivity (Wildman–Crippen MR) is 188 cm³/mol. The van der Waals surface area contributed by atoms with Gasteiger partial charge in [-0.05, 0) is 38.5 Å². The zero-order valence-electron chi connectivity index (χ0n) is 29.2. The Bertz CT molecular complexity index is 526. The van der Waals surface area contributed by atoms with E-state index in [9.17, 15) is 4.79 Å². The second kappa shape index (κ2) is 38.2. The molecule has 2 nitrogen and oxygen atoms in total. The Labute approximate surface area is 266 Å². The summed E-state index contributed by atoms with van der Waals surface area (Å²) < 4.78 is 5.45.